The van der Waals surface area contributed by atoms with Crippen LogP contribution in [0.1, 0.15) is 44.2 Å². The quantitative estimate of drug-likeness (QED) is 0.201. The van der Waals surface area contributed by atoms with E-state index >= 15 is 0 Å². The molecule has 4 aromatic carbocycles. The molecule has 43 heavy (non-hydrogen) atoms. The summed E-state index contributed by atoms with van der Waals surface area (Å²) in [5.41, 5.74) is 2.29. The van der Waals surface area contributed by atoms with E-state index in [1.165, 1.54) is 4.31 Å². The Hall–Kier alpha value is -3.88. The van der Waals surface area contributed by atoms with E-state index < -0.39 is 16.1 Å². The number of hydrogen-bond acceptors (Lipinski definition) is 4. The summed E-state index contributed by atoms with van der Waals surface area (Å²) in [5, 5.41) is 5.14. The molecule has 0 aromatic heterocycles. The summed E-state index contributed by atoms with van der Waals surface area (Å²) >= 11 is 6.52. The van der Waals surface area contributed by atoms with Gasteiger partial charge in [-0.1, -0.05) is 91.3 Å². The van der Waals surface area contributed by atoms with Crippen LogP contribution in [0.15, 0.2) is 95.9 Å². The highest BCUT2D eigenvalue weighted by Gasteiger charge is 2.36. The second-order valence-corrected chi connectivity index (χ2v) is 13.2. The van der Waals surface area contributed by atoms with Crippen molar-refractivity contribution >= 4 is 49.9 Å². The Morgan fingerprint density at radius 1 is 0.930 bits per heavy atom. The highest BCUT2D eigenvalue weighted by molar-refractivity contribution is 7.93. The molecular weight excluding hydrogens is 582 g/mol. The Morgan fingerprint density at radius 2 is 1.63 bits per heavy atom. The highest BCUT2D eigenvalue weighted by Crippen LogP contribution is 2.42. The van der Waals surface area contributed by atoms with Gasteiger partial charge in [0.2, 0.25) is 11.8 Å². The van der Waals surface area contributed by atoms with Gasteiger partial charge >= 0.3 is 0 Å². The zero-order chi connectivity index (χ0) is 30.6. The normalized spacial score (nSPS) is 14.8. The lowest BCUT2D eigenvalue weighted by Gasteiger charge is -2.33. The predicted octanol–water partition coefficient (Wildman–Crippen LogP) is 6.34. The summed E-state index contributed by atoms with van der Waals surface area (Å²) in [5.74, 6) is -0.477. The summed E-state index contributed by atoms with van der Waals surface area (Å²) in [4.78, 5) is 29.6. The molecule has 0 bridgehead atoms. The molecular formula is C34H36ClN3O4S. The van der Waals surface area contributed by atoms with Gasteiger partial charge in [-0.25, -0.2) is 8.42 Å². The van der Waals surface area contributed by atoms with Crippen LogP contribution >= 0.6 is 11.6 Å². The molecule has 0 spiro atoms. The van der Waals surface area contributed by atoms with Gasteiger partial charge in [-0.05, 0) is 54.5 Å². The maximum atomic E-state index is 14.0. The van der Waals surface area contributed by atoms with Crippen LogP contribution in [0.25, 0.3) is 10.8 Å². The molecule has 0 saturated carbocycles. The van der Waals surface area contributed by atoms with Gasteiger partial charge in [0.05, 0.1) is 10.6 Å². The third-order valence-corrected chi connectivity index (χ3v) is 10.2. The van der Waals surface area contributed by atoms with Gasteiger partial charge in [-0.15, -0.1) is 0 Å². The first-order valence-corrected chi connectivity index (χ1v) is 16.4. The number of sulfonamides is 1. The van der Waals surface area contributed by atoms with Crippen LogP contribution in [0.5, 0.6) is 0 Å². The highest BCUT2D eigenvalue weighted by atomic mass is 35.5. The van der Waals surface area contributed by atoms with Crippen molar-refractivity contribution in [3.8, 4) is 0 Å². The second-order valence-electron chi connectivity index (χ2n) is 10.9. The Bertz CT molecular complexity index is 1720. The van der Waals surface area contributed by atoms with Gasteiger partial charge in [0, 0.05) is 42.4 Å². The van der Waals surface area contributed by atoms with E-state index in [1.807, 2.05) is 80.6 Å². The fourth-order valence-corrected chi connectivity index (χ4v) is 7.47. The number of hydrogen-bond donors (Lipinski definition) is 1. The van der Waals surface area contributed by atoms with Crippen LogP contribution in [0.2, 0.25) is 5.02 Å². The van der Waals surface area contributed by atoms with Crippen molar-refractivity contribution in [2.75, 3.05) is 10.8 Å². The summed E-state index contributed by atoms with van der Waals surface area (Å²) in [7, 11) is -3.73. The Morgan fingerprint density at radius 3 is 2.35 bits per heavy atom. The molecule has 1 aliphatic rings. The van der Waals surface area contributed by atoms with Crippen LogP contribution in [-0.2, 0) is 32.6 Å². The maximum Gasteiger partial charge on any atom is 0.265 e. The topological polar surface area (TPSA) is 86.8 Å². The lowest BCUT2D eigenvalue weighted by molar-refractivity contribution is -0.141. The van der Waals surface area contributed by atoms with Crippen LogP contribution in [0.4, 0.5) is 5.69 Å². The number of amides is 2. The number of rotatable bonds is 12. The predicted molar refractivity (Wildman–Crippen MR) is 172 cm³/mol. The van der Waals surface area contributed by atoms with Crippen molar-refractivity contribution in [3.63, 3.8) is 0 Å². The van der Waals surface area contributed by atoms with E-state index in [2.05, 4.69) is 5.32 Å². The zero-order valence-corrected chi connectivity index (χ0v) is 25.9. The second kappa shape index (κ2) is 13.2. The molecule has 2 atom stereocenters. The molecule has 0 fully saturated rings. The average molecular weight is 618 g/mol. The molecule has 7 nitrogen and oxygen atoms in total. The fourth-order valence-electron chi connectivity index (χ4n) is 5.52. The average Bonchev–Trinajstić information content (AvgIpc) is 3.23. The molecule has 9 heteroatoms. The number of halogens is 1. The third-order valence-electron chi connectivity index (χ3n) is 8.00. The van der Waals surface area contributed by atoms with Crippen molar-refractivity contribution in [2.45, 2.75) is 63.1 Å². The van der Waals surface area contributed by atoms with E-state index in [4.69, 9.17) is 11.6 Å². The minimum atomic E-state index is -3.73. The van der Waals surface area contributed by atoms with Gasteiger partial charge in [-0.3, -0.25) is 13.9 Å². The molecule has 0 saturated heterocycles. The molecule has 1 aliphatic heterocycles. The van der Waals surface area contributed by atoms with Crippen molar-refractivity contribution in [2.24, 2.45) is 0 Å². The minimum absolute atomic E-state index is 0.0602. The van der Waals surface area contributed by atoms with Gasteiger partial charge in [-0.2, -0.15) is 0 Å². The van der Waals surface area contributed by atoms with Gasteiger partial charge in [0.15, 0.2) is 0 Å². The third kappa shape index (κ3) is 6.55. The molecule has 2 amide bonds. The van der Waals surface area contributed by atoms with Gasteiger partial charge in [0.25, 0.3) is 10.0 Å². The number of carbonyl (C=O) groups excluding carboxylic acids is 2. The van der Waals surface area contributed by atoms with E-state index in [-0.39, 0.29) is 48.7 Å². The summed E-state index contributed by atoms with van der Waals surface area (Å²) in [6, 6.07) is 26.9. The van der Waals surface area contributed by atoms with Crippen LogP contribution in [-0.4, -0.2) is 43.8 Å². The first-order chi connectivity index (χ1) is 20.7. The number of nitrogens with zero attached hydrogens (tertiary/aromatic N) is 2. The standard InChI is InChI=1S/C34H36ClN3O4S/c1-3-24(2)36-34(40)30(22-25-12-5-4-6-13-25)37(23-27-14-7-8-17-28(27)35)32(39)20-11-21-38-29-18-9-15-26-16-10-19-31(33(26)29)43(38,41)42/h4-10,12-19,24,30H,3,11,20-23H2,1-2H3,(H,36,40)/t24-,30+/m0/s1. The van der Waals surface area contributed by atoms with E-state index in [1.54, 1.807) is 29.2 Å². The number of benzene rings is 4. The zero-order valence-electron chi connectivity index (χ0n) is 24.4. The molecule has 0 unspecified atom stereocenters. The van der Waals surface area contributed by atoms with Crippen LogP contribution < -0.4 is 9.62 Å². The fraction of sp³-hybridized carbons (Fsp3) is 0.294. The largest absolute Gasteiger partial charge is 0.352 e. The van der Waals surface area contributed by atoms with E-state index in [0.717, 1.165) is 22.9 Å². The molecule has 4 aromatic rings. The first-order valence-electron chi connectivity index (χ1n) is 14.6. The lowest BCUT2D eigenvalue weighted by atomic mass is 10.0. The van der Waals surface area contributed by atoms with Gasteiger partial charge in [0.1, 0.15) is 6.04 Å². The summed E-state index contributed by atoms with van der Waals surface area (Å²) in [6.07, 6.45) is 1.43. The minimum Gasteiger partial charge on any atom is -0.352 e. The Labute approximate surface area is 258 Å². The van der Waals surface area contributed by atoms with Crippen molar-refractivity contribution in [3.05, 3.63) is 107 Å². The first kappa shape index (κ1) is 30.6. The van der Waals surface area contributed by atoms with Crippen LogP contribution in [0.3, 0.4) is 0 Å². The molecule has 5 rings (SSSR count). The maximum absolute atomic E-state index is 14.0. The number of carbonyl (C=O) groups is 2. The lowest BCUT2D eigenvalue weighted by Crippen LogP contribution is -2.52. The molecule has 0 radical (unpaired) electrons. The van der Waals surface area contributed by atoms with Crippen molar-refractivity contribution in [1.29, 1.82) is 0 Å². The Kier molecular flexibility index (Phi) is 9.37. The summed E-state index contributed by atoms with van der Waals surface area (Å²) < 4.78 is 28.3. The molecule has 224 valence electrons. The Balaban J connectivity index is 1.41. The smallest absolute Gasteiger partial charge is 0.265 e. The SMILES string of the molecule is CC[C@H](C)NC(=O)[C@@H](Cc1ccccc1)N(Cc1ccccc1Cl)C(=O)CCCN1c2cccc3cccc(c23)S1(=O)=O. The molecule has 1 N–H and O–H groups in total. The number of nitrogens with one attached hydrogen (secondary N) is 1. The number of anilines is 1. The molecule has 1 heterocycles. The van der Waals surface area contributed by atoms with Crippen molar-refractivity contribution in [1.82, 2.24) is 10.2 Å². The van der Waals surface area contributed by atoms with Gasteiger partial charge < -0.3 is 10.2 Å². The van der Waals surface area contributed by atoms with E-state index in [9.17, 15) is 18.0 Å². The van der Waals surface area contributed by atoms with Crippen molar-refractivity contribution < 1.29 is 18.0 Å². The monoisotopic (exact) mass is 617 g/mol. The van der Waals surface area contributed by atoms with Crippen LogP contribution in [0, 0.1) is 0 Å². The van der Waals surface area contributed by atoms with E-state index in [0.29, 0.717) is 22.5 Å². The molecule has 0 aliphatic carbocycles. The summed E-state index contributed by atoms with van der Waals surface area (Å²) in [6.45, 7) is 4.22.